The van der Waals surface area contributed by atoms with Crippen LogP contribution in [0, 0.1) is 5.82 Å². The Balaban J connectivity index is 2.07. The van der Waals surface area contributed by atoms with E-state index in [0.717, 1.165) is 31.9 Å². The Morgan fingerprint density at radius 1 is 1.39 bits per heavy atom. The van der Waals surface area contributed by atoms with Crippen molar-refractivity contribution >= 4 is 5.91 Å². The summed E-state index contributed by atoms with van der Waals surface area (Å²) in [6.45, 7) is 0.430. The highest BCUT2D eigenvalue weighted by Gasteiger charge is 2.32. The second-order valence-corrected chi connectivity index (χ2v) is 4.86. The van der Waals surface area contributed by atoms with Crippen molar-refractivity contribution in [1.29, 1.82) is 0 Å². The van der Waals surface area contributed by atoms with Crippen LogP contribution in [0.2, 0.25) is 0 Å². The van der Waals surface area contributed by atoms with E-state index in [0.29, 0.717) is 6.54 Å². The van der Waals surface area contributed by atoms with Crippen molar-refractivity contribution in [3.8, 4) is 0 Å². The van der Waals surface area contributed by atoms with Gasteiger partial charge in [-0.05, 0) is 25.0 Å². The Kier molecular flexibility index (Phi) is 3.91. The molecule has 0 unspecified atom stereocenters. The molecule has 1 aromatic heterocycles. The van der Waals surface area contributed by atoms with E-state index in [4.69, 9.17) is 5.73 Å². The van der Waals surface area contributed by atoms with Gasteiger partial charge in [0.1, 0.15) is 11.5 Å². The molecule has 1 aromatic rings. The molecule has 1 aliphatic rings. The van der Waals surface area contributed by atoms with Crippen molar-refractivity contribution < 1.29 is 9.18 Å². The molecular formula is C13H18FN3O. The van der Waals surface area contributed by atoms with Crippen LogP contribution < -0.4 is 11.1 Å². The molecule has 18 heavy (non-hydrogen) atoms. The molecule has 3 N–H and O–H groups in total. The van der Waals surface area contributed by atoms with Crippen molar-refractivity contribution in [2.45, 2.75) is 37.6 Å². The van der Waals surface area contributed by atoms with E-state index in [1.54, 1.807) is 0 Å². The number of nitrogens with two attached hydrogens (primary N) is 1. The molecular weight excluding hydrogens is 233 g/mol. The number of aromatic nitrogens is 1. The Morgan fingerprint density at radius 2 is 2.11 bits per heavy atom. The lowest BCUT2D eigenvalue weighted by atomic mass is 9.81. The molecule has 5 heteroatoms. The van der Waals surface area contributed by atoms with Crippen molar-refractivity contribution in [1.82, 2.24) is 10.3 Å². The Bertz CT molecular complexity index is 413. The summed E-state index contributed by atoms with van der Waals surface area (Å²) in [5.74, 6) is -0.722. The van der Waals surface area contributed by atoms with E-state index in [2.05, 4.69) is 10.3 Å². The molecule has 1 aliphatic carbocycles. The Labute approximate surface area is 106 Å². The molecule has 0 saturated heterocycles. The van der Waals surface area contributed by atoms with Gasteiger partial charge in [0.15, 0.2) is 0 Å². The fourth-order valence-electron chi connectivity index (χ4n) is 2.42. The summed E-state index contributed by atoms with van der Waals surface area (Å²) in [6, 6.07) is 2.62. The number of halogens is 1. The maximum Gasteiger partial charge on any atom is 0.270 e. The lowest BCUT2D eigenvalue weighted by Gasteiger charge is -2.36. The van der Waals surface area contributed by atoms with Crippen LogP contribution in [0.15, 0.2) is 18.3 Å². The predicted molar refractivity (Wildman–Crippen MR) is 66.5 cm³/mol. The third-order valence-electron chi connectivity index (χ3n) is 3.54. The minimum absolute atomic E-state index is 0.231. The zero-order valence-electron chi connectivity index (χ0n) is 10.3. The van der Waals surface area contributed by atoms with Crippen molar-refractivity contribution in [3.05, 3.63) is 29.8 Å². The molecule has 98 valence electrons. The summed E-state index contributed by atoms with van der Waals surface area (Å²) < 4.78 is 12.7. The SMILES string of the molecule is NCC1(NC(=O)c2ccc(F)cn2)CCCCC1. The van der Waals surface area contributed by atoms with Crippen LogP contribution in [0.4, 0.5) is 4.39 Å². The number of carbonyl (C=O) groups is 1. The minimum Gasteiger partial charge on any atom is -0.344 e. The number of nitrogens with zero attached hydrogens (tertiary/aromatic N) is 1. The fourth-order valence-corrected chi connectivity index (χ4v) is 2.42. The van der Waals surface area contributed by atoms with Gasteiger partial charge in [-0.3, -0.25) is 4.79 Å². The number of rotatable bonds is 3. The van der Waals surface area contributed by atoms with Crippen LogP contribution >= 0.6 is 0 Å². The van der Waals surface area contributed by atoms with E-state index in [1.165, 1.54) is 18.6 Å². The van der Waals surface area contributed by atoms with Gasteiger partial charge in [-0.25, -0.2) is 9.37 Å². The summed E-state index contributed by atoms with van der Waals surface area (Å²) in [7, 11) is 0. The lowest BCUT2D eigenvalue weighted by Crippen LogP contribution is -2.54. The van der Waals surface area contributed by atoms with Crippen LogP contribution in [0.5, 0.6) is 0 Å². The minimum atomic E-state index is -0.447. The summed E-state index contributed by atoms with van der Waals surface area (Å²) >= 11 is 0. The lowest BCUT2D eigenvalue weighted by molar-refractivity contribution is 0.0869. The van der Waals surface area contributed by atoms with Gasteiger partial charge in [0, 0.05) is 6.54 Å². The third kappa shape index (κ3) is 2.85. The maximum absolute atomic E-state index is 12.7. The first-order chi connectivity index (χ1) is 8.65. The molecule has 1 heterocycles. The summed E-state index contributed by atoms with van der Waals surface area (Å²) in [6.07, 6.45) is 6.19. The molecule has 0 spiro atoms. The Hall–Kier alpha value is -1.49. The van der Waals surface area contributed by atoms with Gasteiger partial charge in [-0.15, -0.1) is 0 Å². The molecule has 1 fully saturated rings. The van der Waals surface area contributed by atoms with Gasteiger partial charge in [-0.2, -0.15) is 0 Å². The number of carbonyl (C=O) groups excluding carboxylic acids is 1. The van der Waals surface area contributed by atoms with E-state index in [-0.39, 0.29) is 17.1 Å². The van der Waals surface area contributed by atoms with Crippen LogP contribution in [0.25, 0.3) is 0 Å². The number of amides is 1. The monoisotopic (exact) mass is 251 g/mol. The van der Waals surface area contributed by atoms with E-state index >= 15 is 0 Å². The normalized spacial score (nSPS) is 18.3. The summed E-state index contributed by atoms with van der Waals surface area (Å²) in [5.41, 5.74) is 5.71. The van der Waals surface area contributed by atoms with Crippen LogP contribution in [-0.4, -0.2) is 23.0 Å². The van der Waals surface area contributed by atoms with Crippen molar-refractivity contribution in [3.63, 3.8) is 0 Å². The van der Waals surface area contributed by atoms with Gasteiger partial charge < -0.3 is 11.1 Å². The van der Waals surface area contributed by atoms with E-state index in [9.17, 15) is 9.18 Å². The van der Waals surface area contributed by atoms with E-state index < -0.39 is 5.82 Å². The standard InChI is InChI=1S/C13H18FN3O/c14-10-4-5-11(16-8-10)12(18)17-13(9-15)6-2-1-3-7-13/h4-5,8H,1-3,6-7,9,15H2,(H,17,18). The first kappa shape index (κ1) is 13.0. The highest BCUT2D eigenvalue weighted by atomic mass is 19.1. The molecule has 0 radical (unpaired) electrons. The number of nitrogens with one attached hydrogen (secondary N) is 1. The van der Waals surface area contributed by atoms with Crippen LogP contribution in [0.1, 0.15) is 42.6 Å². The maximum atomic E-state index is 12.7. The average Bonchev–Trinajstić information content (AvgIpc) is 2.40. The predicted octanol–water partition coefficient (Wildman–Crippen LogP) is 1.61. The molecule has 0 aromatic carbocycles. The van der Waals surface area contributed by atoms with Crippen LogP contribution in [0.3, 0.4) is 0 Å². The summed E-state index contributed by atoms with van der Waals surface area (Å²) in [4.78, 5) is 15.8. The smallest absolute Gasteiger partial charge is 0.270 e. The number of pyridine rings is 1. The number of hydrogen-bond donors (Lipinski definition) is 2. The zero-order chi connectivity index (χ0) is 13.0. The van der Waals surface area contributed by atoms with Crippen molar-refractivity contribution in [2.24, 2.45) is 5.73 Å². The van der Waals surface area contributed by atoms with Gasteiger partial charge in [0.2, 0.25) is 0 Å². The largest absolute Gasteiger partial charge is 0.344 e. The van der Waals surface area contributed by atoms with Crippen molar-refractivity contribution in [2.75, 3.05) is 6.54 Å². The second kappa shape index (κ2) is 5.44. The first-order valence-corrected chi connectivity index (χ1v) is 6.29. The van der Waals surface area contributed by atoms with Gasteiger partial charge in [-0.1, -0.05) is 19.3 Å². The molecule has 1 saturated carbocycles. The quantitative estimate of drug-likeness (QED) is 0.857. The third-order valence-corrected chi connectivity index (χ3v) is 3.54. The van der Waals surface area contributed by atoms with Gasteiger partial charge in [0.25, 0.3) is 5.91 Å². The van der Waals surface area contributed by atoms with E-state index in [1.807, 2.05) is 0 Å². The molecule has 0 aliphatic heterocycles. The molecule has 2 rings (SSSR count). The molecule has 0 bridgehead atoms. The molecule has 4 nitrogen and oxygen atoms in total. The Morgan fingerprint density at radius 3 is 2.67 bits per heavy atom. The van der Waals surface area contributed by atoms with Gasteiger partial charge >= 0.3 is 0 Å². The molecule has 1 amide bonds. The number of hydrogen-bond acceptors (Lipinski definition) is 3. The molecule has 0 atom stereocenters. The zero-order valence-corrected chi connectivity index (χ0v) is 10.3. The average molecular weight is 251 g/mol. The topological polar surface area (TPSA) is 68.0 Å². The highest BCUT2D eigenvalue weighted by Crippen LogP contribution is 2.27. The first-order valence-electron chi connectivity index (χ1n) is 6.29. The fraction of sp³-hybridized carbons (Fsp3) is 0.538. The second-order valence-electron chi connectivity index (χ2n) is 4.86. The summed E-state index contributed by atoms with van der Waals surface area (Å²) in [5, 5.41) is 2.97. The highest BCUT2D eigenvalue weighted by molar-refractivity contribution is 5.92. The van der Waals surface area contributed by atoms with Crippen LogP contribution in [-0.2, 0) is 0 Å². The van der Waals surface area contributed by atoms with Gasteiger partial charge in [0.05, 0.1) is 11.7 Å².